The molecule has 0 saturated carbocycles. The maximum atomic E-state index is 12.1. The molecule has 0 bridgehead atoms. The molecule has 4 rings (SSSR count). The zero-order chi connectivity index (χ0) is 19.9. The van der Waals surface area contributed by atoms with Crippen molar-refractivity contribution in [3.8, 4) is 11.5 Å². The molecular formula is C19H17N7O3. The normalized spacial score (nSPS) is 10.5. The lowest BCUT2D eigenvalue weighted by Crippen LogP contribution is -2.29. The number of nitrogens with one attached hydrogen (secondary N) is 3. The number of hydrogen-bond acceptors (Lipinski definition) is 9. The molecule has 0 spiro atoms. The number of carbonyl (C=O) groups excluding carboxylic acids is 1. The molecule has 0 aliphatic heterocycles. The summed E-state index contributed by atoms with van der Waals surface area (Å²) in [4.78, 5) is 16.3. The third-order valence-corrected chi connectivity index (χ3v) is 3.81. The lowest BCUT2D eigenvalue weighted by Gasteiger charge is -2.07. The minimum atomic E-state index is -0.339. The van der Waals surface area contributed by atoms with Gasteiger partial charge in [-0.15, -0.1) is 10.2 Å². The average Bonchev–Trinajstić information content (AvgIpc) is 3.45. The molecule has 0 aliphatic carbocycles. The number of pyridine rings is 1. The molecule has 0 fully saturated rings. The van der Waals surface area contributed by atoms with Crippen LogP contribution in [0.15, 0.2) is 69.9 Å². The Labute approximate surface area is 165 Å². The summed E-state index contributed by atoms with van der Waals surface area (Å²) in [7, 11) is 0. The molecule has 29 heavy (non-hydrogen) atoms. The van der Waals surface area contributed by atoms with E-state index in [1.54, 1.807) is 30.5 Å². The molecule has 4 aromatic heterocycles. The summed E-state index contributed by atoms with van der Waals surface area (Å²) in [6.45, 7) is 0.841. The van der Waals surface area contributed by atoms with Gasteiger partial charge < -0.3 is 24.9 Å². The number of furan rings is 1. The van der Waals surface area contributed by atoms with Crippen LogP contribution in [0.3, 0.4) is 0 Å². The van der Waals surface area contributed by atoms with Crippen molar-refractivity contribution in [2.45, 2.75) is 0 Å². The monoisotopic (exact) mass is 391 g/mol. The van der Waals surface area contributed by atoms with E-state index < -0.39 is 0 Å². The number of carbonyl (C=O) groups is 1. The van der Waals surface area contributed by atoms with Crippen molar-refractivity contribution in [3.05, 3.63) is 66.7 Å². The highest BCUT2D eigenvalue weighted by atomic mass is 16.5. The van der Waals surface area contributed by atoms with Crippen molar-refractivity contribution >= 4 is 23.4 Å². The highest BCUT2D eigenvalue weighted by Gasteiger charge is 2.14. The standard InChI is InChI=1S/C19H17N7O3/c27-19(13-12-15(29-26-13)14-4-3-11-28-14)22-10-9-21-17-6-7-18(25-24-17)23-16-5-1-2-8-20-16/h1-8,11-12H,9-10H2,(H,21,24)(H,22,27)(H,20,23,25). The van der Waals surface area contributed by atoms with E-state index in [9.17, 15) is 4.79 Å². The summed E-state index contributed by atoms with van der Waals surface area (Å²) in [5.41, 5.74) is 0.182. The van der Waals surface area contributed by atoms with Gasteiger partial charge in [-0.2, -0.15) is 0 Å². The van der Waals surface area contributed by atoms with E-state index in [0.717, 1.165) is 0 Å². The van der Waals surface area contributed by atoms with Gasteiger partial charge in [0.15, 0.2) is 17.3 Å². The Morgan fingerprint density at radius 1 is 0.931 bits per heavy atom. The second kappa shape index (κ2) is 8.65. The molecule has 10 nitrogen and oxygen atoms in total. The molecular weight excluding hydrogens is 374 g/mol. The summed E-state index contributed by atoms with van der Waals surface area (Å²) in [5, 5.41) is 20.8. The van der Waals surface area contributed by atoms with Gasteiger partial charge in [0.05, 0.1) is 6.26 Å². The van der Waals surface area contributed by atoms with Crippen LogP contribution < -0.4 is 16.0 Å². The lowest BCUT2D eigenvalue weighted by molar-refractivity contribution is 0.0946. The first-order chi connectivity index (χ1) is 14.3. The fourth-order valence-electron chi connectivity index (χ4n) is 2.44. The second-order valence-electron chi connectivity index (χ2n) is 5.88. The first kappa shape index (κ1) is 18.2. The van der Waals surface area contributed by atoms with Crippen LogP contribution in [-0.4, -0.2) is 39.3 Å². The Hall–Kier alpha value is -4.21. The molecule has 3 N–H and O–H groups in total. The van der Waals surface area contributed by atoms with Crippen LogP contribution >= 0.6 is 0 Å². The van der Waals surface area contributed by atoms with E-state index in [1.807, 2.05) is 18.2 Å². The van der Waals surface area contributed by atoms with E-state index in [4.69, 9.17) is 8.94 Å². The van der Waals surface area contributed by atoms with Crippen molar-refractivity contribution in [1.82, 2.24) is 25.7 Å². The Kier molecular flexibility index (Phi) is 5.42. The second-order valence-corrected chi connectivity index (χ2v) is 5.88. The summed E-state index contributed by atoms with van der Waals surface area (Å²) in [6.07, 6.45) is 3.21. The topological polar surface area (TPSA) is 131 Å². The molecule has 0 radical (unpaired) electrons. The fraction of sp³-hybridized carbons (Fsp3) is 0.105. The molecule has 0 atom stereocenters. The van der Waals surface area contributed by atoms with Crippen molar-refractivity contribution in [2.24, 2.45) is 0 Å². The number of anilines is 3. The minimum absolute atomic E-state index is 0.182. The third-order valence-electron chi connectivity index (χ3n) is 3.81. The summed E-state index contributed by atoms with van der Waals surface area (Å²) >= 11 is 0. The van der Waals surface area contributed by atoms with E-state index in [0.29, 0.717) is 42.1 Å². The van der Waals surface area contributed by atoms with Gasteiger partial charge in [0.2, 0.25) is 5.76 Å². The van der Waals surface area contributed by atoms with Crippen LogP contribution in [0, 0.1) is 0 Å². The summed E-state index contributed by atoms with van der Waals surface area (Å²) < 4.78 is 10.3. The van der Waals surface area contributed by atoms with Gasteiger partial charge in [-0.05, 0) is 36.4 Å². The predicted molar refractivity (Wildman–Crippen MR) is 105 cm³/mol. The van der Waals surface area contributed by atoms with Gasteiger partial charge in [0.25, 0.3) is 5.91 Å². The molecule has 4 aromatic rings. The van der Waals surface area contributed by atoms with Gasteiger partial charge in [-0.3, -0.25) is 4.79 Å². The highest BCUT2D eigenvalue weighted by Crippen LogP contribution is 2.20. The molecule has 0 aliphatic rings. The number of amides is 1. The largest absolute Gasteiger partial charge is 0.461 e. The zero-order valence-corrected chi connectivity index (χ0v) is 15.2. The molecule has 10 heteroatoms. The first-order valence-corrected chi connectivity index (χ1v) is 8.82. The molecule has 0 aromatic carbocycles. The van der Waals surface area contributed by atoms with Gasteiger partial charge in [0, 0.05) is 25.4 Å². The molecule has 0 unspecified atom stereocenters. The summed E-state index contributed by atoms with van der Waals surface area (Å²) in [5.74, 6) is 2.43. The Balaban J connectivity index is 1.22. The highest BCUT2D eigenvalue weighted by molar-refractivity contribution is 5.92. The van der Waals surface area contributed by atoms with E-state index in [1.165, 1.54) is 12.3 Å². The summed E-state index contributed by atoms with van der Waals surface area (Å²) in [6, 6.07) is 14.1. The van der Waals surface area contributed by atoms with Crippen molar-refractivity contribution < 1.29 is 13.7 Å². The molecule has 1 amide bonds. The van der Waals surface area contributed by atoms with Gasteiger partial charge in [-0.1, -0.05) is 11.2 Å². The quantitative estimate of drug-likeness (QED) is 0.388. The van der Waals surface area contributed by atoms with E-state index in [-0.39, 0.29) is 11.6 Å². The predicted octanol–water partition coefficient (Wildman–Crippen LogP) is 2.71. The van der Waals surface area contributed by atoms with E-state index >= 15 is 0 Å². The van der Waals surface area contributed by atoms with E-state index in [2.05, 4.69) is 36.3 Å². The fourth-order valence-corrected chi connectivity index (χ4v) is 2.44. The number of aromatic nitrogens is 4. The van der Waals surface area contributed by atoms with Crippen LogP contribution in [0.5, 0.6) is 0 Å². The maximum Gasteiger partial charge on any atom is 0.273 e. The zero-order valence-electron chi connectivity index (χ0n) is 15.2. The van der Waals surface area contributed by atoms with Gasteiger partial charge in [-0.25, -0.2) is 4.98 Å². The Morgan fingerprint density at radius 2 is 1.83 bits per heavy atom. The van der Waals surface area contributed by atoms with Crippen LogP contribution in [-0.2, 0) is 0 Å². The van der Waals surface area contributed by atoms with Gasteiger partial charge >= 0.3 is 0 Å². The van der Waals surface area contributed by atoms with Crippen molar-refractivity contribution in [2.75, 3.05) is 23.7 Å². The number of hydrogen-bond donors (Lipinski definition) is 3. The van der Waals surface area contributed by atoms with Crippen LogP contribution in [0.25, 0.3) is 11.5 Å². The smallest absolute Gasteiger partial charge is 0.273 e. The van der Waals surface area contributed by atoms with Crippen molar-refractivity contribution in [3.63, 3.8) is 0 Å². The van der Waals surface area contributed by atoms with Crippen LogP contribution in [0.2, 0.25) is 0 Å². The molecule has 146 valence electrons. The average molecular weight is 391 g/mol. The maximum absolute atomic E-state index is 12.1. The van der Waals surface area contributed by atoms with Crippen molar-refractivity contribution in [1.29, 1.82) is 0 Å². The molecule has 4 heterocycles. The Morgan fingerprint density at radius 3 is 2.59 bits per heavy atom. The van der Waals surface area contributed by atoms with Gasteiger partial charge in [0.1, 0.15) is 11.6 Å². The number of nitrogens with zero attached hydrogens (tertiary/aromatic N) is 4. The minimum Gasteiger partial charge on any atom is -0.461 e. The first-order valence-electron chi connectivity index (χ1n) is 8.82. The van der Waals surface area contributed by atoms with Crippen LogP contribution in [0.1, 0.15) is 10.5 Å². The number of rotatable bonds is 8. The SMILES string of the molecule is O=C(NCCNc1ccc(Nc2ccccn2)nn1)c1cc(-c2ccco2)on1. The van der Waals surface area contributed by atoms with Crippen LogP contribution in [0.4, 0.5) is 17.5 Å². The third kappa shape index (κ3) is 4.75. The molecule has 0 saturated heterocycles. The lowest BCUT2D eigenvalue weighted by atomic mass is 10.3. The Bertz CT molecular complexity index is 1050.